The van der Waals surface area contributed by atoms with Gasteiger partial charge in [-0.1, -0.05) is 48.0 Å². The van der Waals surface area contributed by atoms with Crippen LogP contribution in [0.5, 0.6) is 0 Å². The van der Waals surface area contributed by atoms with Crippen LogP contribution < -0.4 is 10.4 Å². The number of alkyl halides is 3. The van der Waals surface area contributed by atoms with Crippen LogP contribution >= 0.6 is 22.9 Å². The first-order chi connectivity index (χ1) is 19.2. The summed E-state index contributed by atoms with van der Waals surface area (Å²) in [7, 11) is -3.95. The van der Waals surface area contributed by atoms with Crippen molar-refractivity contribution in [2.24, 2.45) is 0 Å². The molecule has 1 N–H and O–H groups in total. The van der Waals surface area contributed by atoms with E-state index in [-0.39, 0.29) is 36.3 Å². The highest BCUT2D eigenvalue weighted by atomic mass is 35.5. The summed E-state index contributed by atoms with van der Waals surface area (Å²) in [6.45, 7) is -0.721. The first-order valence-electron chi connectivity index (χ1n) is 12.0. The van der Waals surface area contributed by atoms with Crippen molar-refractivity contribution in [2.75, 3.05) is 6.26 Å². The second-order valence-corrected chi connectivity index (χ2v) is 12.6. The molecule has 41 heavy (non-hydrogen) atoms. The van der Waals surface area contributed by atoms with Crippen molar-refractivity contribution in [1.82, 2.24) is 19.1 Å². The average molecular weight is 631 g/mol. The lowest BCUT2D eigenvalue weighted by Crippen LogP contribution is -2.31. The third kappa shape index (κ3) is 7.70. The van der Waals surface area contributed by atoms with E-state index in [1.54, 1.807) is 18.2 Å². The van der Waals surface area contributed by atoms with Gasteiger partial charge in [0.1, 0.15) is 12.4 Å². The lowest BCUT2D eigenvalue weighted by atomic mass is 9.96. The number of sulfonamides is 1. The summed E-state index contributed by atoms with van der Waals surface area (Å²) in [5.74, 6) is -0.969. The van der Waals surface area contributed by atoms with Gasteiger partial charge in [0.15, 0.2) is 11.6 Å². The number of nitrogens with one attached hydrogen (secondary N) is 1. The van der Waals surface area contributed by atoms with Gasteiger partial charge in [0.05, 0.1) is 27.6 Å². The summed E-state index contributed by atoms with van der Waals surface area (Å²) in [5, 5.41) is 4.27. The number of Topliss-reactive ketones (excluding diaryl/α,β-unsaturated/α-hetero) is 1. The standard InChI is InChI=1S/C26H23ClF4N4O4S2/c1-41(38,39)33-21(18-7-3-4-8-19(18)26(29,30)31)11-10-17(36)15-35-25(37)34(14-16-6-2-5-9-20(16)28)24(32-35)22-12-13-23(27)40-22/h2-9,12-13,21,33H,10-11,14-15H2,1H3. The Labute approximate surface area is 241 Å². The second kappa shape index (κ2) is 12.3. The Bertz CT molecular complexity index is 1730. The van der Waals surface area contributed by atoms with Gasteiger partial charge in [0, 0.05) is 18.0 Å². The minimum Gasteiger partial charge on any atom is -0.298 e. The topological polar surface area (TPSA) is 103 Å². The monoisotopic (exact) mass is 630 g/mol. The molecule has 0 spiro atoms. The van der Waals surface area contributed by atoms with E-state index >= 15 is 0 Å². The highest BCUT2D eigenvalue weighted by molar-refractivity contribution is 7.88. The molecule has 2 aromatic heterocycles. The fraction of sp³-hybridized carbons (Fsp3) is 0.269. The third-order valence-corrected chi connectivity index (χ3v) is 7.98. The maximum absolute atomic E-state index is 14.4. The summed E-state index contributed by atoms with van der Waals surface area (Å²) in [4.78, 5) is 26.7. The number of benzene rings is 2. The van der Waals surface area contributed by atoms with Crippen molar-refractivity contribution in [1.29, 1.82) is 0 Å². The van der Waals surface area contributed by atoms with Crippen LogP contribution in [-0.4, -0.2) is 34.8 Å². The van der Waals surface area contributed by atoms with Gasteiger partial charge in [-0.2, -0.15) is 13.2 Å². The van der Waals surface area contributed by atoms with Crippen LogP contribution in [0, 0.1) is 5.82 Å². The van der Waals surface area contributed by atoms with Gasteiger partial charge in [-0.15, -0.1) is 16.4 Å². The average Bonchev–Trinajstić information content (AvgIpc) is 3.45. The van der Waals surface area contributed by atoms with E-state index in [1.165, 1.54) is 34.9 Å². The number of ketones is 1. The summed E-state index contributed by atoms with van der Waals surface area (Å²) < 4.78 is 83.7. The maximum Gasteiger partial charge on any atom is 0.416 e. The molecule has 0 saturated heterocycles. The van der Waals surface area contributed by atoms with Crippen LogP contribution in [0.3, 0.4) is 0 Å². The van der Waals surface area contributed by atoms with Crippen LogP contribution in [0.4, 0.5) is 17.6 Å². The molecule has 0 aliphatic carbocycles. The van der Waals surface area contributed by atoms with Crippen molar-refractivity contribution in [3.63, 3.8) is 0 Å². The van der Waals surface area contributed by atoms with Crippen LogP contribution in [0.1, 0.15) is 35.6 Å². The fourth-order valence-electron chi connectivity index (χ4n) is 4.25. The van der Waals surface area contributed by atoms with Gasteiger partial charge >= 0.3 is 11.9 Å². The van der Waals surface area contributed by atoms with E-state index in [9.17, 15) is 35.6 Å². The molecule has 8 nitrogen and oxygen atoms in total. The lowest BCUT2D eigenvalue weighted by molar-refractivity contribution is -0.138. The molecule has 2 aromatic carbocycles. The zero-order valence-corrected chi connectivity index (χ0v) is 23.7. The van der Waals surface area contributed by atoms with E-state index in [1.807, 2.05) is 0 Å². The first kappa shape index (κ1) is 30.6. The Morgan fingerprint density at radius 3 is 2.41 bits per heavy atom. The lowest BCUT2D eigenvalue weighted by Gasteiger charge is -2.22. The molecule has 218 valence electrons. The molecule has 1 unspecified atom stereocenters. The summed E-state index contributed by atoms with van der Waals surface area (Å²) in [5.41, 5.74) is -1.87. The molecule has 0 radical (unpaired) electrons. The molecular weight excluding hydrogens is 608 g/mol. The summed E-state index contributed by atoms with van der Waals surface area (Å²) in [6, 6.07) is 12.2. The number of halogens is 5. The van der Waals surface area contributed by atoms with E-state index in [0.717, 1.165) is 34.4 Å². The first-order valence-corrected chi connectivity index (χ1v) is 15.1. The van der Waals surface area contributed by atoms with Crippen molar-refractivity contribution in [3.05, 3.63) is 98.0 Å². The molecule has 0 aliphatic heterocycles. The van der Waals surface area contributed by atoms with Crippen molar-refractivity contribution < 1.29 is 30.8 Å². The molecule has 0 aliphatic rings. The number of carbonyl (C=O) groups excluding carboxylic acids is 1. The Morgan fingerprint density at radius 1 is 1.10 bits per heavy atom. The van der Waals surface area contributed by atoms with Gasteiger partial charge in [-0.25, -0.2) is 27.0 Å². The fourth-order valence-corrected chi connectivity index (χ4v) is 6.05. The predicted octanol–water partition coefficient (Wildman–Crippen LogP) is 5.27. The quantitative estimate of drug-likeness (QED) is 0.228. The van der Waals surface area contributed by atoms with E-state index < -0.39 is 51.6 Å². The molecular formula is C26H23ClF4N4O4S2. The van der Waals surface area contributed by atoms with Crippen molar-refractivity contribution in [2.45, 2.75) is 38.1 Å². The molecule has 0 amide bonds. The van der Waals surface area contributed by atoms with Gasteiger partial charge in [-0.3, -0.25) is 9.36 Å². The van der Waals surface area contributed by atoms with E-state index in [4.69, 9.17) is 11.6 Å². The molecule has 1 atom stereocenters. The SMILES string of the molecule is CS(=O)(=O)NC(CCC(=O)Cn1nc(-c2ccc(Cl)s2)n(Cc2ccccc2F)c1=O)c1ccccc1C(F)(F)F. The van der Waals surface area contributed by atoms with Crippen LogP contribution in [0.2, 0.25) is 4.34 Å². The number of nitrogens with zero attached hydrogens (tertiary/aromatic N) is 3. The van der Waals surface area contributed by atoms with Gasteiger partial charge in [0.2, 0.25) is 10.0 Å². The second-order valence-electron chi connectivity index (χ2n) is 9.15. The molecule has 0 bridgehead atoms. The van der Waals surface area contributed by atoms with E-state index in [2.05, 4.69) is 9.82 Å². The number of carbonyl (C=O) groups is 1. The highest BCUT2D eigenvalue weighted by Gasteiger charge is 2.35. The molecule has 4 rings (SSSR count). The van der Waals surface area contributed by atoms with E-state index in [0.29, 0.717) is 9.21 Å². The summed E-state index contributed by atoms with van der Waals surface area (Å²) in [6.07, 6.45) is -4.63. The minimum absolute atomic E-state index is 0.152. The molecule has 4 aromatic rings. The Kier molecular flexibility index (Phi) is 9.16. The molecule has 2 heterocycles. The Hall–Kier alpha value is -3.33. The van der Waals surface area contributed by atoms with Crippen molar-refractivity contribution >= 4 is 38.7 Å². The number of hydrogen-bond donors (Lipinski definition) is 1. The van der Waals surface area contributed by atoms with Crippen molar-refractivity contribution in [3.8, 4) is 10.7 Å². The summed E-state index contributed by atoms with van der Waals surface area (Å²) >= 11 is 7.17. The third-order valence-electron chi connectivity index (χ3n) is 6.04. The number of hydrogen-bond acceptors (Lipinski definition) is 6. The zero-order chi connectivity index (χ0) is 29.9. The van der Waals surface area contributed by atoms with Crippen LogP contribution in [-0.2, 0) is 34.1 Å². The minimum atomic E-state index is -4.75. The maximum atomic E-state index is 14.4. The Morgan fingerprint density at radius 2 is 1.78 bits per heavy atom. The predicted molar refractivity (Wildman–Crippen MR) is 147 cm³/mol. The van der Waals surface area contributed by atoms with Crippen LogP contribution in [0.25, 0.3) is 10.7 Å². The van der Waals surface area contributed by atoms with Gasteiger partial charge in [-0.05, 0) is 36.2 Å². The molecule has 0 fully saturated rings. The van der Waals surface area contributed by atoms with Crippen LogP contribution in [0.15, 0.2) is 65.5 Å². The highest BCUT2D eigenvalue weighted by Crippen LogP contribution is 2.36. The number of thiophene rings is 1. The number of rotatable bonds is 11. The zero-order valence-electron chi connectivity index (χ0n) is 21.4. The van der Waals surface area contributed by atoms with Gasteiger partial charge < -0.3 is 0 Å². The largest absolute Gasteiger partial charge is 0.416 e. The van der Waals surface area contributed by atoms with Gasteiger partial charge in [0.25, 0.3) is 0 Å². The molecule has 15 heteroatoms. The molecule has 0 saturated carbocycles. The Balaban J connectivity index is 1.60. The normalized spacial score (nSPS) is 12.9. The smallest absolute Gasteiger partial charge is 0.298 e. The number of aromatic nitrogens is 3.